The topological polar surface area (TPSA) is 120 Å². The Bertz CT molecular complexity index is 1890. The number of carbonyl (C=O) groups excluding carboxylic acids is 3. The molecule has 3 aliphatic rings. The van der Waals surface area contributed by atoms with Gasteiger partial charge >= 0.3 is 6.03 Å². The number of hydrogen-bond acceptors (Lipinski definition) is 7. The minimum atomic E-state index is -0.300. The molecule has 1 saturated heterocycles. The van der Waals surface area contributed by atoms with Crippen LogP contribution in [0.1, 0.15) is 41.8 Å². The fourth-order valence-corrected chi connectivity index (χ4v) is 6.79. The van der Waals surface area contributed by atoms with Crippen LogP contribution in [0.15, 0.2) is 42.7 Å². The molecule has 0 bridgehead atoms. The number of hydrogen-bond donors (Lipinski definition) is 0. The molecule has 218 valence electrons. The third-order valence-electron chi connectivity index (χ3n) is 9.00. The van der Waals surface area contributed by atoms with E-state index in [1.807, 2.05) is 45.9 Å². The van der Waals surface area contributed by atoms with E-state index in [2.05, 4.69) is 23.0 Å². The van der Waals surface area contributed by atoms with Gasteiger partial charge < -0.3 is 14.7 Å². The SMILES string of the molecule is CN1CCC(CN(C)C(=O)N2CCn3nc(C4=C(c5cnc6ccccn56)C(=O)CC4=O)c4cc(C#N)cc(c43)C2)CC1. The summed E-state index contributed by atoms with van der Waals surface area (Å²) in [5.41, 5.74) is 4.13. The summed E-state index contributed by atoms with van der Waals surface area (Å²) in [6, 6.07) is 11.3. The molecule has 2 aliphatic heterocycles. The monoisotopic (exact) mass is 576 g/mol. The molecule has 1 aliphatic carbocycles. The normalized spacial score (nSPS) is 18.1. The first-order chi connectivity index (χ1) is 20.8. The van der Waals surface area contributed by atoms with E-state index >= 15 is 0 Å². The van der Waals surface area contributed by atoms with E-state index in [4.69, 9.17) is 5.10 Å². The third kappa shape index (κ3) is 4.58. The zero-order chi connectivity index (χ0) is 29.8. The highest BCUT2D eigenvalue weighted by Gasteiger charge is 2.37. The Kier molecular flexibility index (Phi) is 6.58. The van der Waals surface area contributed by atoms with Crippen LogP contribution < -0.4 is 0 Å². The number of Topliss-reactive ketones (excluding diaryl/α,β-unsaturated/α-hetero) is 2. The number of ketones is 2. The number of carbonyl (C=O) groups is 3. The minimum absolute atomic E-state index is 0.0467. The number of imidazole rings is 1. The minimum Gasteiger partial charge on any atom is -0.327 e. The maximum Gasteiger partial charge on any atom is 0.320 e. The van der Waals surface area contributed by atoms with E-state index in [-0.39, 0.29) is 29.6 Å². The second-order valence-corrected chi connectivity index (χ2v) is 11.9. The van der Waals surface area contributed by atoms with E-state index in [9.17, 15) is 19.6 Å². The molecule has 1 aromatic carbocycles. The second kappa shape index (κ2) is 10.5. The number of nitriles is 1. The molecule has 43 heavy (non-hydrogen) atoms. The summed E-state index contributed by atoms with van der Waals surface area (Å²) in [5, 5.41) is 15.5. The molecule has 3 aromatic heterocycles. The molecule has 11 nitrogen and oxygen atoms in total. The van der Waals surface area contributed by atoms with Crippen molar-refractivity contribution in [3.63, 3.8) is 0 Å². The number of fused-ring (bicyclic) bond motifs is 1. The van der Waals surface area contributed by atoms with Gasteiger partial charge in [0, 0.05) is 38.3 Å². The molecule has 7 rings (SSSR count). The van der Waals surface area contributed by atoms with E-state index in [0.717, 1.165) is 37.0 Å². The van der Waals surface area contributed by atoms with Crippen LogP contribution in [0.25, 0.3) is 27.7 Å². The Labute approximate surface area is 248 Å². The Morgan fingerprint density at radius 3 is 2.67 bits per heavy atom. The van der Waals surface area contributed by atoms with Crippen LogP contribution in [-0.2, 0) is 22.7 Å². The number of urea groups is 1. The standard InChI is InChI=1S/C32H32N8O3/c1-36-9-6-20(7-10-36)18-37(2)32(43)38-11-12-40-31-22(19-38)13-21(16-33)14-23(31)30(35-40)29-26(42)15-25(41)28(29)24-17-34-27-5-3-4-8-39(24)27/h3-5,8,13-14,17,20H,6-7,9-12,15,18-19H2,1-2H3. The van der Waals surface area contributed by atoms with E-state index in [1.54, 1.807) is 22.7 Å². The molecule has 0 atom stereocenters. The summed E-state index contributed by atoms with van der Waals surface area (Å²) in [7, 11) is 3.99. The molecule has 11 heteroatoms. The van der Waals surface area contributed by atoms with Crippen molar-refractivity contribution in [1.82, 2.24) is 33.9 Å². The van der Waals surface area contributed by atoms with Gasteiger partial charge in [0.1, 0.15) is 11.3 Å². The predicted octanol–water partition coefficient (Wildman–Crippen LogP) is 3.22. The lowest BCUT2D eigenvalue weighted by atomic mass is 9.97. The molecular formula is C32H32N8O3. The fraction of sp³-hybridized carbons (Fsp3) is 0.375. The number of pyridine rings is 1. The van der Waals surface area contributed by atoms with Crippen LogP contribution in [0, 0.1) is 17.2 Å². The first-order valence-electron chi connectivity index (χ1n) is 14.7. The van der Waals surface area contributed by atoms with Crippen LogP contribution in [0.3, 0.4) is 0 Å². The second-order valence-electron chi connectivity index (χ2n) is 11.9. The molecule has 0 unspecified atom stereocenters. The van der Waals surface area contributed by atoms with E-state index in [0.29, 0.717) is 65.7 Å². The molecule has 4 aromatic rings. The van der Waals surface area contributed by atoms with Crippen LogP contribution in [0.5, 0.6) is 0 Å². The Morgan fingerprint density at radius 2 is 1.88 bits per heavy atom. The Balaban J connectivity index is 1.28. The fourth-order valence-electron chi connectivity index (χ4n) is 6.79. The lowest BCUT2D eigenvalue weighted by Gasteiger charge is -2.33. The number of nitrogens with zero attached hydrogens (tertiary/aromatic N) is 8. The van der Waals surface area contributed by atoms with Gasteiger partial charge in [-0.25, -0.2) is 9.78 Å². The van der Waals surface area contributed by atoms with Gasteiger partial charge in [0.25, 0.3) is 0 Å². The van der Waals surface area contributed by atoms with Gasteiger partial charge in [-0.3, -0.25) is 18.7 Å². The average Bonchev–Trinajstić information content (AvgIpc) is 3.63. The number of aromatic nitrogens is 4. The zero-order valence-electron chi connectivity index (χ0n) is 24.3. The number of rotatable bonds is 4. The van der Waals surface area contributed by atoms with Crippen molar-refractivity contribution in [3.05, 3.63) is 65.2 Å². The average molecular weight is 577 g/mol. The summed E-state index contributed by atoms with van der Waals surface area (Å²) in [6.45, 7) is 3.96. The number of benzene rings is 1. The molecule has 2 amide bonds. The van der Waals surface area contributed by atoms with Crippen molar-refractivity contribution in [2.75, 3.05) is 40.3 Å². The van der Waals surface area contributed by atoms with Gasteiger partial charge in [-0.15, -0.1) is 0 Å². The lowest BCUT2D eigenvalue weighted by molar-refractivity contribution is -0.119. The number of amides is 2. The van der Waals surface area contributed by atoms with Gasteiger partial charge in [0.15, 0.2) is 11.6 Å². The molecule has 0 radical (unpaired) electrons. The number of allylic oxidation sites excluding steroid dienone is 2. The van der Waals surface area contributed by atoms with Gasteiger partial charge in [-0.1, -0.05) is 6.07 Å². The van der Waals surface area contributed by atoms with Crippen LogP contribution >= 0.6 is 0 Å². The molecule has 0 saturated carbocycles. The smallest absolute Gasteiger partial charge is 0.320 e. The van der Waals surface area contributed by atoms with Gasteiger partial charge in [-0.05, 0) is 68.7 Å². The largest absolute Gasteiger partial charge is 0.327 e. The molecule has 0 spiro atoms. The van der Waals surface area contributed by atoms with Gasteiger partial charge in [0.2, 0.25) is 0 Å². The van der Waals surface area contributed by atoms with Crippen LogP contribution in [-0.4, -0.2) is 91.7 Å². The molecular weight excluding hydrogens is 544 g/mol. The highest BCUT2D eigenvalue weighted by molar-refractivity contribution is 6.51. The number of likely N-dealkylation sites (tertiary alicyclic amines) is 1. The first-order valence-corrected chi connectivity index (χ1v) is 14.7. The highest BCUT2D eigenvalue weighted by Crippen LogP contribution is 2.39. The zero-order valence-corrected chi connectivity index (χ0v) is 24.3. The lowest BCUT2D eigenvalue weighted by Crippen LogP contribution is -2.44. The maximum absolute atomic E-state index is 13.6. The van der Waals surface area contributed by atoms with E-state index in [1.165, 1.54) is 0 Å². The summed E-state index contributed by atoms with van der Waals surface area (Å²) >= 11 is 0. The predicted molar refractivity (Wildman–Crippen MR) is 160 cm³/mol. The number of piperidine rings is 1. The third-order valence-corrected chi connectivity index (χ3v) is 9.00. The van der Waals surface area contributed by atoms with Crippen molar-refractivity contribution < 1.29 is 14.4 Å². The summed E-state index contributed by atoms with van der Waals surface area (Å²) < 4.78 is 3.62. The molecule has 5 heterocycles. The summed E-state index contributed by atoms with van der Waals surface area (Å²) in [4.78, 5) is 50.7. The van der Waals surface area contributed by atoms with Crippen molar-refractivity contribution in [2.45, 2.75) is 32.4 Å². The Morgan fingerprint density at radius 1 is 1.09 bits per heavy atom. The maximum atomic E-state index is 13.6. The van der Waals surface area contributed by atoms with Crippen LogP contribution in [0.2, 0.25) is 0 Å². The van der Waals surface area contributed by atoms with E-state index < -0.39 is 0 Å². The Hall–Kier alpha value is -4.82. The van der Waals surface area contributed by atoms with Crippen LogP contribution in [0.4, 0.5) is 4.79 Å². The van der Waals surface area contributed by atoms with Gasteiger partial charge in [0.05, 0.1) is 53.2 Å². The van der Waals surface area contributed by atoms with Crippen molar-refractivity contribution in [2.24, 2.45) is 5.92 Å². The highest BCUT2D eigenvalue weighted by atomic mass is 16.2. The van der Waals surface area contributed by atoms with Crippen molar-refractivity contribution in [1.29, 1.82) is 5.26 Å². The quantitative estimate of drug-likeness (QED) is 0.342. The summed E-state index contributed by atoms with van der Waals surface area (Å²) in [5.74, 6) is -0.0990. The first kappa shape index (κ1) is 27.0. The molecule has 0 N–H and O–H groups in total. The van der Waals surface area contributed by atoms with Crippen molar-refractivity contribution >= 4 is 45.3 Å². The van der Waals surface area contributed by atoms with Gasteiger partial charge in [-0.2, -0.15) is 10.4 Å². The van der Waals surface area contributed by atoms with Crippen molar-refractivity contribution in [3.8, 4) is 6.07 Å². The summed E-state index contributed by atoms with van der Waals surface area (Å²) in [6.07, 6.45) is 5.34. The molecule has 1 fully saturated rings.